The fourth-order valence-corrected chi connectivity index (χ4v) is 3.12. The smallest absolute Gasteiger partial charge is 0.319 e. The molecule has 0 radical (unpaired) electrons. The van der Waals surface area contributed by atoms with Gasteiger partial charge in [0.25, 0.3) is 5.91 Å². The number of carbonyl (C=O) groups is 2. The Morgan fingerprint density at radius 2 is 1.56 bits per heavy atom. The summed E-state index contributed by atoms with van der Waals surface area (Å²) in [6.07, 6.45) is 0. The first-order chi connectivity index (χ1) is 13.0. The second-order valence-corrected chi connectivity index (χ2v) is 6.96. The number of carbonyl (C=O) groups excluding carboxylic acids is 2. The molecular formula is C21H26N4O2. The molecule has 27 heavy (non-hydrogen) atoms. The summed E-state index contributed by atoms with van der Waals surface area (Å²) in [6.45, 7) is 4.03. The molecule has 1 saturated heterocycles. The zero-order valence-electron chi connectivity index (χ0n) is 15.9. The Kier molecular flexibility index (Phi) is 6.08. The van der Waals surface area contributed by atoms with Crippen molar-refractivity contribution in [3.8, 4) is 0 Å². The van der Waals surface area contributed by atoms with Gasteiger partial charge < -0.3 is 15.1 Å². The van der Waals surface area contributed by atoms with E-state index in [2.05, 4.69) is 10.2 Å². The molecular weight excluding hydrogens is 340 g/mol. The number of hydrogen-bond acceptors (Lipinski definition) is 3. The highest BCUT2D eigenvalue weighted by Crippen LogP contribution is 2.13. The van der Waals surface area contributed by atoms with Crippen LogP contribution >= 0.6 is 0 Å². The number of rotatable bonds is 4. The summed E-state index contributed by atoms with van der Waals surface area (Å²) < 4.78 is 0. The lowest BCUT2D eigenvalue weighted by Crippen LogP contribution is -2.51. The summed E-state index contributed by atoms with van der Waals surface area (Å²) in [6, 6.07) is 17.2. The van der Waals surface area contributed by atoms with Gasteiger partial charge in [-0.15, -0.1) is 0 Å². The molecule has 3 rings (SSSR count). The number of anilines is 1. The lowest BCUT2D eigenvalue weighted by Gasteiger charge is -2.36. The van der Waals surface area contributed by atoms with Crippen molar-refractivity contribution in [3.05, 3.63) is 65.7 Å². The molecule has 1 heterocycles. The molecule has 0 bridgehead atoms. The van der Waals surface area contributed by atoms with Crippen LogP contribution in [0.2, 0.25) is 0 Å². The second-order valence-electron chi connectivity index (χ2n) is 6.96. The average molecular weight is 366 g/mol. The third kappa shape index (κ3) is 5.08. The number of hydrogen-bond donors (Lipinski definition) is 1. The fraction of sp³-hybridized carbons (Fsp3) is 0.333. The van der Waals surface area contributed by atoms with Crippen LogP contribution in [0.5, 0.6) is 0 Å². The second kappa shape index (κ2) is 8.68. The molecule has 142 valence electrons. The van der Waals surface area contributed by atoms with E-state index in [-0.39, 0.29) is 11.9 Å². The maximum atomic E-state index is 12.3. The van der Waals surface area contributed by atoms with E-state index in [1.165, 1.54) is 5.56 Å². The maximum absolute atomic E-state index is 12.3. The average Bonchev–Trinajstić information content (AvgIpc) is 2.69. The minimum Gasteiger partial charge on any atom is -0.331 e. The maximum Gasteiger partial charge on any atom is 0.319 e. The highest BCUT2D eigenvalue weighted by Gasteiger charge is 2.22. The predicted octanol–water partition coefficient (Wildman–Crippen LogP) is 2.74. The molecule has 1 fully saturated rings. The van der Waals surface area contributed by atoms with Gasteiger partial charge in [-0.25, -0.2) is 4.79 Å². The molecule has 6 nitrogen and oxygen atoms in total. The van der Waals surface area contributed by atoms with Gasteiger partial charge in [-0.3, -0.25) is 9.69 Å². The molecule has 0 atom stereocenters. The first-order valence-electron chi connectivity index (χ1n) is 9.17. The molecule has 1 N–H and O–H groups in total. The number of amides is 3. The first kappa shape index (κ1) is 18.9. The van der Waals surface area contributed by atoms with E-state index >= 15 is 0 Å². The summed E-state index contributed by atoms with van der Waals surface area (Å²) in [5, 5.41) is 2.89. The molecule has 0 aliphatic carbocycles. The van der Waals surface area contributed by atoms with E-state index in [1.54, 1.807) is 19.0 Å². The van der Waals surface area contributed by atoms with Gasteiger partial charge in [-0.2, -0.15) is 0 Å². The minimum atomic E-state index is -0.108. The van der Waals surface area contributed by atoms with Gasteiger partial charge in [0.15, 0.2) is 0 Å². The molecule has 1 aliphatic rings. The van der Waals surface area contributed by atoms with E-state index in [0.29, 0.717) is 5.56 Å². The first-order valence-corrected chi connectivity index (χ1v) is 9.17. The minimum absolute atomic E-state index is 0.0726. The van der Waals surface area contributed by atoms with Crippen LogP contribution in [0.1, 0.15) is 15.9 Å². The van der Waals surface area contributed by atoms with Crippen LogP contribution in [0.4, 0.5) is 10.5 Å². The van der Waals surface area contributed by atoms with Crippen LogP contribution in [-0.2, 0) is 6.54 Å². The molecule has 0 aromatic heterocycles. The van der Waals surface area contributed by atoms with Crippen molar-refractivity contribution >= 4 is 17.6 Å². The SMILES string of the molecule is CN(C)C(=O)N1CCN(Cc2ccc(C(=O)Nc3ccccc3)cc2)CC1. The van der Waals surface area contributed by atoms with Gasteiger partial charge in [-0.1, -0.05) is 30.3 Å². The molecule has 0 unspecified atom stereocenters. The lowest BCUT2D eigenvalue weighted by molar-refractivity contribution is 0.102. The van der Waals surface area contributed by atoms with Crippen molar-refractivity contribution < 1.29 is 9.59 Å². The third-order valence-corrected chi connectivity index (χ3v) is 4.68. The molecule has 0 spiro atoms. The van der Waals surface area contributed by atoms with Crippen molar-refractivity contribution in [2.75, 3.05) is 45.6 Å². The van der Waals surface area contributed by atoms with E-state index in [1.807, 2.05) is 59.5 Å². The van der Waals surface area contributed by atoms with Crippen molar-refractivity contribution in [1.82, 2.24) is 14.7 Å². The Labute approximate surface area is 160 Å². The molecule has 6 heteroatoms. The number of urea groups is 1. The number of para-hydroxylation sites is 1. The Hall–Kier alpha value is -2.86. The van der Waals surface area contributed by atoms with Gasteiger partial charge in [0.1, 0.15) is 0 Å². The quantitative estimate of drug-likeness (QED) is 0.905. The number of nitrogens with one attached hydrogen (secondary N) is 1. The topological polar surface area (TPSA) is 55.9 Å². The van der Waals surface area contributed by atoms with E-state index in [0.717, 1.165) is 38.4 Å². The summed E-state index contributed by atoms with van der Waals surface area (Å²) in [5.74, 6) is -0.108. The van der Waals surface area contributed by atoms with Crippen LogP contribution in [0.25, 0.3) is 0 Å². The van der Waals surface area contributed by atoms with E-state index in [9.17, 15) is 9.59 Å². The number of benzene rings is 2. The highest BCUT2D eigenvalue weighted by atomic mass is 16.2. The van der Waals surface area contributed by atoms with Gasteiger partial charge in [0.05, 0.1) is 0 Å². The Morgan fingerprint density at radius 1 is 0.926 bits per heavy atom. The van der Waals surface area contributed by atoms with Crippen LogP contribution in [-0.4, -0.2) is 66.9 Å². The molecule has 0 saturated carbocycles. The third-order valence-electron chi connectivity index (χ3n) is 4.68. The van der Waals surface area contributed by atoms with Gasteiger partial charge in [-0.05, 0) is 29.8 Å². The van der Waals surface area contributed by atoms with Gasteiger partial charge in [0, 0.05) is 58.1 Å². The molecule has 1 aliphatic heterocycles. The largest absolute Gasteiger partial charge is 0.331 e. The van der Waals surface area contributed by atoms with Crippen molar-refractivity contribution in [3.63, 3.8) is 0 Å². The predicted molar refractivity (Wildman–Crippen MR) is 107 cm³/mol. The van der Waals surface area contributed by atoms with Gasteiger partial charge >= 0.3 is 6.03 Å². The monoisotopic (exact) mass is 366 g/mol. The van der Waals surface area contributed by atoms with Crippen LogP contribution in [0, 0.1) is 0 Å². The van der Waals surface area contributed by atoms with Crippen LogP contribution in [0.15, 0.2) is 54.6 Å². The summed E-state index contributed by atoms with van der Waals surface area (Å²) in [4.78, 5) is 30.1. The summed E-state index contributed by atoms with van der Waals surface area (Å²) in [7, 11) is 3.56. The van der Waals surface area contributed by atoms with E-state index in [4.69, 9.17) is 0 Å². The van der Waals surface area contributed by atoms with Crippen LogP contribution < -0.4 is 5.32 Å². The Bertz CT molecular complexity index is 767. The Morgan fingerprint density at radius 3 is 2.15 bits per heavy atom. The Balaban J connectivity index is 1.51. The highest BCUT2D eigenvalue weighted by molar-refractivity contribution is 6.04. The number of nitrogens with zero attached hydrogens (tertiary/aromatic N) is 3. The van der Waals surface area contributed by atoms with Crippen LogP contribution in [0.3, 0.4) is 0 Å². The van der Waals surface area contributed by atoms with Crippen molar-refractivity contribution in [1.29, 1.82) is 0 Å². The van der Waals surface area contributed by atoms with Crippen molar-refractivity contribution in [2.24, 2.45) is 0 Å². The molecule has 3 amide bonds. The molecule has 2 aromatic carbocycles. The zero-order chi connectivity index (χ0) is 19.2. The zero-order valence-corrected chi connectivity index (χ0v) is 15.9. The fourth-order valence-electron chi connectivity index (χ4n) is 3.12. The van der Waals surface area contributed by atoms with Crippen molar-refractivity contribution in [2.45, 2.75) is 6.54 Å². The van der Waals surface area contributed by atoms with Gasteiger partial charge in [0.2, 0.25) is 0 Å². The van der Waals surface area contributed by atoms with E-state index < -0.39 is 0 Å². The standard InChI is InChI=1S/C21H26N4O2/c1-23(2)21(27)25-14-12-24(13-15-25)16-17-8-10-18(11-9-17)20(26)22-19-6-4-3-5-7-19/h3-11H,12-16H2,1-2H3,(H,22,26). The lowest BCUT2D eigenvalue weighted by atomic mass is 10.1. The summed E-state index contributed by atoms with van der Waals surface area (Å²) >= 11 is 0. The molecule has 2 aromatic rings. The number of piperazine rings is 1. The normalized spacial score (nSPS) is 14.7. The summed E-state index contributed by atoms with van der Waals surface area (Å²) in [5.41, 5.74) is 2.60.